The van der Waals surface area contributed by atoms with Gasteiger partial charge in [0.05, 0.1) is 13.7 Å². The minimum atomic E-state index is -0.144. The first-order valence-electron chi connectivity index (χ1n) is 4.93. The van der Waals surface area contributed by atoms with Crippen molar-refractivity contribution in [1.82, 2.24) is 0 Å². The van der Waals surface area contributed by atoms with Gasteiger partial charge >= 0.3 is 5.97 Å². The summed E-state index contributed by atoms with van der Waals surface area (Å²) in [5.74, 6) is -0.144. The summed E-state index contributed by atoms with van der Waals surface area (Å²) in [6.45, 7) is 0.970. The molecule has 0 saturated heterocycles. The quantitative estimate of drug-likeness (QED) is 0.324. The maximum Gasteiger partial charge on any atom is 0.305 e. The van der Waals surface area contributed by atoms with Crippen LogP contribution in [0, 0.1) is 0 Å². The fourth-order valence-electron chi connectivity index (χ4n) is 1.14. The summed E-state index contributed by atoms with van der Waals surface area (Å²) in [5.41, 5.74) is 0. The molecule has 0 bridgehead atoms. The predicted molar refractivity (Wildman–Crippen MR) is 51.7 cm³/mol. The van der Waals surface area contributed by atoms with Crippen molar-refractivity contribution in [2.24, 2.45) is 0 Å². The molecule has 0 heterocycles. The maximum atomic E-state index is 10.7. The summed E-state index contributed by atoms with van der Waals surface area (Å²) in [7, 11) is 1.40. The van der Waals surface area contributed by atoms with Crippen molar-refractivity contribution in [3.05, 3.63) is 0 Å². The van der Waals surface area contributed by atoms with Crippen molar-refractivity contribution in [1.29, 1.82) is 0 Å². The number of hydrogen-bond acceptors (Lipinski definition) is 4. The van der Waals surface area contributed by atoms with Crippen LogP contribution in [0.2, 0.25) is 0 Å². The molecule has 4 nitrogen and oxygen atoms in total. The molecule has 0 rings (SSSR count). The Morgan fingerprint density at radius 2 is 1.79 bits per heavy atom. The SMILES string of the molecule is COC(=O)CCCCCCCOC=O. The maximum absolute atomic E-state index is 10.7. The molecule has 0 aliphatic heterocycles. The van der Waals surface area contributed by atoms with E-state index in [1.807, 2.05) is 0 Å². The first-order valence-corrected chi connectivity index (χ1v) is 4.93. The minimum absolute atomic E-state index is 0.144. The van der Waals surface area contributed by atoms with Gasteiger partial charge in [-0.3, -0.25) is 9.59 Å². The van der Waals surface area contributed by atoms with Crippen LogP contribution in [0.5, 0.6) is 0 Å². The first-order chi connectivity index (χ1) is 6.81. The van der Waals surface area contributed by atoms with Crippen LogP contribution in [-0.2, 0) is 19.1 Å². The summed E-state index contributed by atoms with van der Waals surface area (Å²) in [4.78, 5) is 20.5. The van der Waals surface area contributed by atoms with Gasteiger partial charge in [0.2, 0.25) is 0 Å². The van der Waals surface area contributed by atoms with E-state index < -0.39 is 0 Å². The van der Waals surface area contributed by atoms with Crippen molar-refractivity contribution in [3.63, 3.8) is 0 Å². The number of ether oxygens (including phenoxy) is 2. The molecule has 0 unspecified atom stereocenters. The number of hydrogen-bond donors (Lipinski definition) is 0. The van der Waals surface area contributed by atoms with E-state index >= 15 is 0 Å². The van der Waals surface area contributed by atoms with E-state index in [1.165, 1.54) is 7.11 Å². The molecule has 4 heteroatoms. The average Bonchev–Trinajstić information content (AvgIpc) is 2.21. The zero-order chi connectivity index (χ0) is 10.6. The number of carbonyl (C=O) groups is 2. The van der Waals surface area contributed by atoms with Crippen LogP contribution < -0.4 is 0 Å². The monoisotopic (exact) mass is 202 g/mol. The number of unbranched alkanes of at least 4 members (excludes halogenated alkanes) is 4. The second-order valence-corrected chi connectivity index (χ2v) is 3.06. The Bertz CT molecular complexity index is 156. The predicted octanol–water partition coefficient (Wildman–Crippen LogP) is 1.67. The van der Waals surface area contributed by atoms with Crippen molar-refractivity contribution < 1.29 is 19.1 Å². The van der Waals surface area contributed by atoms with Crippen molar-refractivity contribution in [2.75, 3.05) is 13.7 Å². The summed E-state index contributed by atoms with van der Waals surface area (Å²) in [6.07, 6.45) is 5.41. The van der Waals surface area contributed by atoms with Crippen LogP contribution in [0.1, 0.15) is 38.5 Å². The smallest absolute Gasteiger partial charge is 0.305 e. The Morgan fingerprint density at radius 1 is 1.14 bits per heavy atom. The van der Waals surface area contributed by atoms with Crippen LogP contribution in [0.4, 0.5) is 0 Å². The first kappa shape index (κ1) is 12.9. The van der Waals surface area contributed by atoms with Crippen LogP contribution in [-0.4, -0.2) is 26.2 Å². The third kappa shape index (κ3) is 9.03. The third-order valence-electron chi connectivity index (χ3n) is 1.94. The summed E-state index contributed by atoms with van der Waals surface area (Å²) in [6, 6.07) is 0. The van der Waals surface area contributed by atoms with Crippen molar-refractivity contribution in [2.45, 2.75) is 38.5 Å². The van der Waals surface area contributed by atoms with Gasteiger partial charge in [-0.05, 0) is 12.8 Å². The number of carbonyl (C=O) groups excluding carboxylic acids is 2. The van der Waals surface area contributed by atoms with Crippen LogP contribution in [0.25, 0.3) is 0 Å². The Hall–Kier alpha value is -1.06. The summed E-state index contributed by atoms with van der Waals surface area (Å²) < 4.78 is 9.05. The van der Waals surface area contributed by atoms with Crippen LogP contribution in [0.15, 0.2) is 0 Å². The highest BCUT2D eigenvalue weighted by Crippen LogP contribution is 2.05. The van der Waals surface area contributed by atoms with Gasteiger partial charge in [-0.2, -0.15) is 0 Å². The molecular formula is C10H18O4. The lowest BCUT2D eigenvalue weighted by atomic mass is 10.1. The Labute approximate surface area is 84.6 Å². The minimum Gasteiger partial charge on any atom is -0.469 e. The van der Waals surface area contributed by atoms with Gasteiger partial charge in [0.1, 0.15) is 0 Å². The van der Waals surface area contributed by atoms with E-state index in [2.05, 4.69) is 9.47 Å². The average molecular weight is 202 g/mol. The number of rotatable bonds is 9. The number of methoxy groups -OCH3 is 1. The van der Waals surface area contributed by atoms with Crippen LogP contribution in [0.3, 0.4) is 0 Å². The van der Waals surface area contributed by atoms with E-state index in [1.54, 1.807) is 0 Å². The molecule has 0 amide bonds. The largest absolute Gasteiger partial charge is 0.469 e. The zero-order valence-corrected chi connectivity index (χ0v) is 8.66. The lowest BCUT2D eigenvalue weighted by Gasteiger charge is -2.00. The van der Waals surface area contributed by atoms with Gasteiger partial charge in [0.15, 0.2) is 0 Å². The fourth-order valence-corrected chi connectivity index (χ4v) is 1.14. The van der Waals surface area contributed by atoms with Gasteiger partial charge in [-0.1, -0.05) is 19.3 Å². The molecule has 0 aliphatic carbocycles. The number of esters is 1. The normalized spacial score (nSPS) is 9.50. The van der Waals surface area contributed by atoms with E-state index in [0.29, 0.717) is 19.5 Å². The van der Waals surface area contributed by atoms with E-state index in [0.717, 1.165) is 32.1 Å². The fraction of sp³-hybridized carbons (Fsp3) is 0.800. The second kappa shape index (κ2) is 10.0. The molecule has 0 aliphatic rings. The highest BCUT2D eigenvalue weighted by Gasteiger charge is 1.98. The summed E-state index contributed by atoms with van der Waals surface area (Å²) in [5, 5.41) is 0. The molecule has 0 atom stereocenters. The van der Waals surface area contributed by atoms with Gasteiger partial charge in [-0.15, -0.1) is 0 Å². The molecule has 0 aromatic rings. The zero-order valence-electron chi connectivity index (χ0n) is 8.66. The topological polar surface area (TPSA) is 52.6 Å². The Morgan fingerprint density at radius 3 is 2.43 bits per heavy atom. The highest BCUT2D eigenvalue weighted by molar-refractivity contribution is 5.68. The van der Waals surface area contributed by atoms with Gasteiger partial charge < -0.3 is 9.47 Å². The molecule has 0 radical (unpaired) electrons. The molecule has 14 heavy (non-hydrogen) atoms. The summed E-state index contributed by atoms with van der Waals surface area (Å²) >= 11 is 0. The molecule has 82 valence electrons. The van der Waals surface area contributed by atoms with Gasteiger partial charge in [0, 0.05) is 6.42 Å². The highest BCUT2D eigenvalue weighted by atomic mass is 16.5. The molecule has 0 aromatic carbocycles. The molecule has 0 fully saturated rings. The lowest BCUT2D eigenvalue weighted by molar-refractivity contribution is -0.140. The standard InChI is InChI=1S/C10H18O4/c1-13-10(12)7-5-3-2-4-6-8-14-9-11/h9H,2-8H2,1H3. The molecule has 0 N–H and O–H groups in total. The molecule has 0 spiro atoms. The van der Waals surface area contributed by atoms with Crippen molar-refractivity contribution >= 4 is 12.4 Å². The molecule has 0 aromatic heterocycles. The van der Waals surface area contributed by atoms with Gasteiger partial charge in [-0.25, -0.2) is 0 Å². The Balaban J connectivity index is 2.98. The Kier molecular flexibility index (Phi) is 9.26. The van der Waals surface area contributed by atoms with Gasteiger partial charge in [0.25, 0.3) is 6.47 Å². The second-order valence-electron chi connectivity index (χ2n) is 3.06. The lowest BCUT2D eigenvalue weighted by Crippen LogP contribution is -1.99. The van der Waals surface area contributed by atoms with E-state index in [9.17, 15) is 9.59 Å². The van der Waals surface area contributed by atoms with Crippen LogP contribution >= 0.6 is 0 Å². The van der Waals surface area contributed by atoms with E-state index in [-0.39, 0.29) is 5.97 Å². The van der Waals surface area contributed by atoms with Crippen molar-refractivity contribution in [3.8, 4) is 0 Å². The third-order valence-corrected chi connectivity index (χ3v) is 1.94. The molecule has 0 saturated carbocycles. The molecular weight excluding hydrogens is 184 g/mol. The van der Waals surface area contributed by atoms with E-state index in [4.69, 9.17) is 0 Å².